The average Bonchev–Trinajstić information content (AvgIpc) is 2.97. The molecule has 1 aromatic carbocycles. The fourth-order valence-electron chi connectivity index (χ4n) is 2.03. The molecule has 2 aromatic heterocycles. The molecule has 7 heteroatoms. The van der Waals surface area contributed by atoms with E-state index in [4.69, 9.17) is 4.42 Å². The van der Waals surface area contributed by atoms with E-state index in [1.54, 1.807) is 29.3 Å². The number of fused-ring (bicyclic) bond motifs is 1. The van der Waals surface area contributed by atoms with Gasteiger partial charge in [-0.1, -0.05) is 6.07 Å². The van der Waals surface area contributed by atoms with E-state index in [-0.39, 0.29) is 6.03 Å². The van der Waals surface area contributed by atoms with Crippen molar-refractivity contribution in [1.82, 2.24) is 15.3 Å². The van der Waals surface area contributed by atoms with Crippen molar-refractivity contribution in [2.45, 2.75) is 6.54 Å². The van der Waals surface area contributed by atoms with E-state index in [0.717, 1.165) is 5.69 Å². The Labute approximate surface area is 133 Å². The van der Waals surface area contributed by atoms with Gasteiger partial charge < -0.3 is 20.0 Å². The van der Waals surface area contributed by atoms with E-state index in [0.29, 0.717) is 29.3 Å². The summed E-state index contributed by atoms with van der Waals surface area (Å²) < 4.78 is 5.57. The summed E-state index contributed by atoms with van der Waals surface area (Å²) in [5, 5.41) is 5.52. The second-order valence-corrected chi connectivity index (χ2v) is 5.20. The molecular formula is C16H17N5O2. The number of oxazole rings is 1. The number of carbonyl (C=O) groups is 1. The van der Waals surface area contributed by atoms with Gasteiger partial charge in [-0.05, 0) is 30.3 Å². The molecule has 0 aliphatic heterocycles. The number of amides is 2. The van der Waals surface area contributed by atoms with Crippen LogP contribution in [-0.4, -0.2) is 30.1 Å². The lowest BCUT2D eigenvalue weighted by Crippen LogP contribution is -2.28. The van der Waals surface area contributed by atoms with Gasteiger partial charge >= 0.3 is 6.03 Å². The van der Waals surface area contributed by atoms with Crippen molar-refractivity contribution in [2.75, 3.05) is 24.3 Å². The minimum atomic E-state index is -0.300. The summed E-state index contributed by atoms with van der Waals surface area (Å²) >= 11 is 0. The molecule has 118 valence electrons. The Kier molecular flexibility index (Phi) is 4.09. The first-order valence-corrected chi connectivity index (χ1v) is 7.14. The van der Waals surface area contributed by atoms with Gasteiger partial charge in [0.25, 0.3) is 6.01 Å². The number of pyridine rings is 1. The van der Waals surface area contributed by atoms with Crippen LogP contribution in [0.2, 0.25) is 0 Å². The maximum atomic E-state index is 11.9. The van der Waals surface area contributed by atoms with Crippen LogP contribution in [0.15, 0.2) is 47.0 Å². The van der Waals surface area contributed by atoms with E-state index in [2.05, 4.69) is 20.6 Å². The van der Waals surface area contributed by atoms with Gasteiger partial charge in [-0.25, -0.2) is 4.79 Å². The second-order valence-electron chi connectivity index (χ2n) is 5.20. The molecule has 2 amide bonds. The monoisotopic (exact) mass is 311 g/mol. The number of hydrogen-bond donors (Lipinski definition) is 2. The summed E-state index contributed by atoms with van der Waals surface area (Å²) in [4.78, 5) is 22.2. The highest BCUT2D eigenvalue weighted by Crippen LogP contribution is 2.23. The van der Waals surface area contributed by atoms with E-state index in [1.807, 2.05) is 32.3 Å². The standard InChI is InChI=1S/C16H17N5O2/c1-21(2)16-20-13-9-11(6-7-14(13)23-16)19-15(22)18-10-12-5-3-4-8-17-12/h3-9H,10H2,1-2H3,(H2,18,19,22). The van der Waals surface area contributed by atoms with Gasteiger partial charge in [-0.3, -0.25) is 4.98 Å². The number of aromatic nitrogens is 2. The molecule has 0 bridgehead atoms. The first-order chi connectivity index (χ1) is 11.1. The first kappa shape index (κ1) is 14.8. The Balaban J connectivity index is 1.65. The van der Waals surface area contributed by atoms with Crippen LogP contribution in [0.4, 0.5) is 16.5 Å². The van der Waals surface area contributed by atoms with Crippen molar-refractivity contribution in [1.29, 1.82) is 0 Å². The van der Waals surface area contributed by atoms with Crippen LogP contribution < -0.4 is 15.5 Å². The fourth-order valence-corrected chi connectivity index (χ4v) is 2.03. The van der Waals surface area contributed by atoms with Crippen molar-refractivity contribution < 1.29 is 9.21 Å². The molecule has 3 aromatic rings. The molecule has 0 saturated carbocycles. The second kappa shape index (κ2) is 6.35. The van der Waals surface area contributed by atoms with Crippen molar-refractivity contribution in [2.24, 2.45) is 0 Å². The van der Waals surface area contributed by atoms with Crippen LogP contribution >= 0.6 is 0 Å². The molecule has 23 heavy (non-hydrogen) atoms. The Morgan fingerprint density at radius 2 is 2.13 bits per heavy atom. The first-order valence-electron chi connectivity index (χ1n) is 7.14. The molecule has 0 spiro atoms. The summed E-state index contributed by atoms with van der Waals surface area (Å²) in [5.41, 5.74) is 2.81. The zero-order chi connectivity index (χ0) is 16.2. The number of benzene rings is 1. The SMILES string of the molecule is CN(C)c1nc2cc(NC(=O)NCc3ccccn3)ccc2o1. The van der Waals surface area contributed by atoms with Crippen molar-refractivity contribution in [3.63, 3.8) is 0 Å². The molecule has 0 fully saturated rings. The third-order valence-corrected chi connectivity index (χ3v) is 3.17. The van der Waals surface area contributed by atoms with Gasteiger partial charge in [-0.15, -0.1) is 0 Å². The Bertz CT molecular complexity index is 814. The molecule has 0 unspecified atom stereocenters. The maximum Gasteiger partial charge on any atom is 0.319 e. The molecule has 7 nitrogen and oxygen atoms in total. The smallest absolute Gasteiger partial charge is 0.319 e. The number of anilines is 2. The lowest BCUT2D eigenvalue weighted by molar-refractivity contribution is 0.251. The van der Waals surface area contributed by atoms with E-state index < -0.39 is 0 Å². The minimum absolute atomic E-state index is 0.300. The number of hydrogen-bond acceptors (Lipinski definition) is 5. The van der Waals surface area contributed by atoms with Gasteiger partial charge in [0, 0.05) is 26.0 Å². The number of carbonyl (C=O) groups excluding carboxylic acids is 1. The van der Waals surface area contributed by atoms with Crippen molar-refractivity contribution in [3.05, 3.63) is 48.3 Å². The molecule has 0 saturated heterocycles. The lowest BCUT2D eigenvalue weighted by Gasteiger charge is -2.07. The highest BCUT2D eigenvalue weighted by atomic mass is 16.4. The van der Waals surface area contributed by atoms with Gasteiger partial charge in [0.05, 0.1) is 12.2 Å². The number of rotatable bonds is 4. The van der Waals surface area contributed by atoms with E-state index in [9.17, 15) is 4.79 Å². The molecule has 2 N–H and O–H groups in total. The van der Waals surface area contributed by atoms with E-state index in [1.165, 1.54) is 0 Å². The normalized spacial score (nSPS) is 10.5. The summed E-state index contributed by atoms with van der Waals surface area (Å²) in [6, 6.07) is 11.1. The topological polar surface area (TPSA) is 83.3 Å². The predicted molar refractivity (Wildman–Crippen MR) is 88.4 cm³/mol. The van der Waals surface area contributed by atoms with Crippen LogP contribution in [0.1, 0.15) is 5.69 Å². The highest BCUT2D eigenvalue weighted by Gasteiger charge is 2.09. The van der Waals surface area contributed by atoms with E-state index >= 15 is 0 Å². The molecule has 3 rings (SSSR count). The molecule has 0 radical (unpaired) electrons. The fraction of sp³-hybridized carbons (Fsp3) is 0.188. The lowest BCUT2D eigenvalue weighted by atomic mass is 10.3. The number of nitrogens with zero attached hydrogens (tertiary/aromatic N) is 3. The third kappa shape index (κ3) is 3.57. The largest absolute Gasteiger partial charge is 0.423 e. The summed E-state index contributed by atoms with van der Waals surface area (Å²) in [7, 11) is 3.71. The van der Waals surface area contributed by atoms with Gasteiger partial charge in [-0.2, -0.15) is 4.98 Å². The molecule has 0 aliphatic rings. The molecular weight excluding hydrogens is 294 g/mol. The van der Waals surface area contributed by atoms with Crippen LogP contribution in [0.25, 0.3) is 11.1 Å². The summed E-state index contributed by atoms with van der Waals surface area (Å²) in [6.07, 6.45) is 1.69. The van der Waals surface area contributed by atoms with Crippen molar-refractivity contribution in [3.8, 4) is 0 Å². The van der Waals surface area contributed by atoms with Crippen LogP contribution in [0.5, 0.6) is 0 Å². The zero-order valence-electron chi connectivity index (χ0n) is 12.9. The zero-order valence-corrected chi connectivity index (χ0v) is 12.9. The summed E-state index contributed by atoms with van der Waals surface area (Å²) in [5.74, 6) is 0. The van der Waals surface area contributed by atoms with Crippen molar-refractivity contribution >= 4 is 28.8 Å². The third-order valence-electron chi connectivity index (χ3n) is 3.17. The minimum Gasteiger partial charge on any atom is -0.423 e. The predicted octanol–water partition coefficient (Wildman–Crippen LogP) is 2.61. The van der Waals surface area contributed by atoms with Gasteiger partial charge in [0.2, 0.25) is 0 Å². The van der Waals surface area contributed by atoms with Crippen LogP contribution in [0.3, 0.4) is 0 Å². The number of nitrogens with one attached hydrogen (secondary N) is 2. The highest BCUT2D eigenvalue weighted by molar-refractivity contribution is 5.91. The Hall–Kier alpha value is -3.09. The van der Waals surface area contributed by atoms with Crippen LogP contribution in [-0.2, 0) is 6.54 Å². The van der Waals surface area contributed by atoms with Gasteiger partial charge in [0.15, 0.2) is 5.58 Å². The molecule has 0 atom stereocenters. The Morgan fingerprint density at radius 3 is 2.87 bits per heavy atom. The molecule has 0 aliphatic carbocycles. The maximum absolute atomic E-state index is 11.9. The summed E-state index contributed by atoms with van der Waals surface area (Å²) in [6.45, 7) is 0.365. The van der Waals surface area contributed by atoms with Crippen LogP contribution in [0, 0.1) is 0 Å². The molecule has 2 heterocycles. The number of urea groups is 1. The average molecular weight is 311 g/mol. The Morgan fingerprint density at radius 1 is 1.26 bits per heavy atom. The van der Waals surface area contributed by atoms with Gasteiger partial charge in [0.1, 0.15) is 5.52 Å². The quantitative estimate of drug-likeness (QED) is 0.774.